The topological polar surface area (TPSA) is 41.9 Å². The van der Waals surface area contributed by atoms with E-state index in [1.807, 2.05) is 23.7 Å². The summed E-state index contributed by atoms with van der Waals surface area (Å²) in [5.74, 6) is 1.08. The van der Waals surface area contributed by atoms with Crippen LogP contribution in [0.1, 0.15) is 22.4 Å². The maximum Gasteiger partial charge on any atom is 0.140 e. The lowest BCUT2D eigenvalue weighted by Gasteiger charge is -2.19. The summed E-state index contributed by atoms with van der Waals surface area (Å²) in [6.07, 6.45) is 10.0. The first-order valence-corrected chi connectivity index (χ1v) is 8.50. The van der Waals surface area contributed by atoms with Crippen molar-refractivity contribution in [2.24, 2.45) is 0 Å². The Balaban J connectivity index is 1.63. The van der Waals surface area contributed by atoms with Gasteiger partial charge >= 0.3 is 0 Å². The molecule has 3 aromatic rings. The molecule has 1 aliphatic rings. The van der Waals surface area contributed by atoms with E-state index in [9.17, 15) is 0 Å². The SMILES string of the molecule is CN(CCc1ccncc1)c1ncnc2sc3c(c12)CCC3. The summed E-state index contributed by atoms with van der Waals surface area (Å²) in [6, 6.07) is 4.15. The average Bonchev–Trinajstić information content (AvgIpc) is 3.14. The Morgan fingerprint density at radius 2 is 2.05 bits per heavy atom. The van der Waals surface area contributed by atoms with Crippen LogP contribution in [0.5, 0.6) is 0 Å². The van der Waals surface area contributed by atoms with E-state index in [0.29, 0.717) is 0 Å². The molecule has 0 N–H and O–H groups in total. The van der Waals surface area contributed by atoms with Gasteiger partial charge in [-0.25, -0.2) is 9.97 Å². The van der Waals surface area contributed by atoms with Gasteiger partial charge in [0.15, 0.2) is 0 Å². The molecule has 0 unspecified atom stereocenters. The maximum atomic E-state index is 4.58. The molecule has 0 aliphatic heterocycles. The van der Waals surface area contributed by atoms with Gasteiger partial charge in [-0.05, 0) is 48.9 Å². The van der Waals surface area contributed by atoms with Crippen LogP contribution < -0.4 is 4.90 Å². The third kappa shape index (κ3) is 2.35. The summed E-state index contributed by atoms with van der Waals surface area (Å²) in [5.41, 5.74) is 2.80. The molecule has 0 saturated carbocycles. The molecule has 0 aromatic carbocycles. The number of hydrogen-bond acceptors (Lipinski definition) is 5. The molecule has 1 aliphatic carbocycles. The molecule has 0 amide bonds. The Hall–Kier alpha value is -2.01. The van der Waals surface area contributed by atoms with Crippen LogP contribution in [-0.4, -0.2) is 28.5 Å². The van der Waals surface area contributed by atoms with Gasteiger partial charge in [0, 0.05) is 30.9 Å². The van der Waals surface area contributed by atoms with E-state index in [-0.39, 0.29) is 0 Å². The number of fused-ring (bicyclic) bond motifs is 3. The third-order valence-electron chi connectivity index (χ3n) is 4.33. The Morgan fingerprint density at radius 1 is 1.18 bits per heavy atom. The average molecular weight is 310 g/mol. The van der Waals surface area contributed by atoms with E-state index in [1.54, 1.807) is 6.33 Å². The molecule has 0 saturated heterocycles. The molecule has 4 rings (SSSR count). The number of likely N-dealkylation sites (N-methyl/N-ethyl adjacent to an activating group) is 1. The molecule has 3 heterocycles. The molecule has 22 heavy (non-hydrogen) atoms. The van der Waals surface area contributed by atoms with Crippen LogP contribution in [-0.2, 0) is 19.3 Å². The van der Waals surface area contributed by atoms with E-state index >= 15 is 0 Å². The first-order valence-electron chi connectivity index (χ1n) is 7.68. The van der Waals surface area contributed by atoms with E-state index in [1.165, 1.54) is 40.7 Å². The van der Waals surface area contributed by atoms with Gasteiger partial charge in [0.05, 0.1) is 5.39 Å². The summed E-state index contributed by atoms with van der Waals surface area (Å²) in [6.45, 7) is 0.945. The zero-order valence-electron chi connectivity index (χ0n) is 12.6. The Kier molecular flexibility index (Phi) is 3.50. The zero-order valence-corrected chi connectivity index (χ0v) is 13.4. The normalized spacial score (nSPS) is 13.5. The molecule has 5 heteroatoms. The van der Waals surface area contributed by atoms with Gasteiger partial charge in [-0.1, -0.05) is 0 Å². The van der Waals surface area contributed by atoms with E-state index in [2.05, 4.69) is 39.0 Å². The molecule has 0 radical (unpaired) electrons. The number of nitrogens with zero attached hydrogens (tertiary/aromatic N) is 4. The lowest BCUT2D eigenvalue weighted by Crippen LogP contribution is -2.21. The number of pyridine rings is 1. The minimum absolute atomic E-state index is 0.945. The second-order valence-electron chi connectivity index (χ2n) is 5.76. The third-order valence-corrected chi connectivity index (χ3v) is 5.53. The van der Waals surface area contributed by atoms with Gasteiger partial charge in [-0.15, -0.1) is 11.3 Å². The minimum Gasteiger partial charge on any atom is -0.359 e. The first kappa shape index (κ1) is 13.6. The van der Waals surface area contributed by atoms with Crippen molar-refractivity contribution in [2.75, 3.05) is 18.5 Å². The largest absolute Gasteiger partial charge is 0.359 e. The summed E-state index contributed by atoms with van der Waals surface area (Å²) < 4.78 is 0. The highest BCUT2D eigenvalue weighted by Crippen LogP contribution is 2.39. The van der Waals surface area contributed by atoms with Crippen molar-refractivity contribution in [3.8, 4) is 0 Å². The molecule has 112 valence electrons. The predicted molar refractivity (Wildman–Crippen MR) is 90.7 cm³/mol. The quantitative estimate of drug-likeness (QED) is 0.742. The summed E-state index contributed by atoms with van der Waals surface area (Å²) in [5, 5.41) is 1.29. The molecule has 0 fully saturated rings. The molecule has 3 aromatic heterocycles. The highest BCUT2D eigenvalue weighted by Gasteiger charge is 2.22. The Bertz CT molecular complexity index is 797. The van der Waals surface area contributed by atoms with Crippen LogP contribution in [0.15, 0.2) is 30.9 Å². The fourth-order valence-corrected chi connectivity index (χ4v) is 4.38. The van der Waals surface area contributed by atoms with Crippen LogP contribution in [0.25, 0.3) is 10.2 Å². The number of aromatic nitrogens is 3. The second kappa shape index (κ2) is 5.65. The van der Waals surface area contributed by atoms with Crippen LogP contribution >= 0.6 is 11.3 Å². The monoisotopic (exact) mass is 310 g/mol. The highest BCUT2D eigenvalue weighted by molar-refractivity contribution is 7.19. The number of anilines is 1. The summed E-state index contributed by atoms with van der Waals surface area (Å²) >= 11 is 1.85. The van der Waals surface area contributed by atoms with Crippen LogP contribution in [0.2, 0.25) is 0 Å². The fraction of sp³-hybridized carbons (Fsp3) is 0.353. The predicted octanol–water partition coefficient (Wildman–Crippen LogP) is 3.25. The van der Waals surface area contributed by atoms with Gasteiger partial charge in [0.1, 0.15) is 17.0 Å². The minimum atomic E-state index is 0.945. The van der Waals surface area contributed by atoms with Crippen molar-refractivity contribution in [1.29, 1.82) is 0 Å². The van der Waals surface area contributed by atoms with Crippen molar-refractivity contribution >= 4 is 27.4 Å². The summed E-state index contributed by atoms with van der Waals surface area (Å²) in [7, 11) is 2.13. The first-order chi connectivity index (χ1) is 10.8. The molecule has 0 atom stereocenters. The van der Waals surface area contributed by atoms with Gasteiger partial charge in [-0.2, -0.15) is 0 Å². The number of thiophene rings is 1. The van der Waals surface area contributed by atoms with E-state index < -0.39 is 0 Å². The van der Waals surface area contributed by atoms with Crippen LogP contribution in [0.3, 0.4) is 0 Å². The lowest BCUT2D eigenvalue weighted by atomic mass is 10.1. The number of rotatable bonds is 4. The molecular formula is C17H18N4S. The van der Waals surface area contributed by atoms with Gasteiger partial charge in [0.25, 0.3) is 0 Å². The van der Waals surface area contributed by atoms with Crippen molar-refractivity contribution < 1.29 is 0 Å². The highest BCUT2D eigenvalue weighted by atomic mass is 32.1. The van der Waals surface area contributed by atoms with Crippen molar-refractivity contribution in [2.45, 2.75) is 25.7 Å². The number of aryl methyl sites for hydroxylation is 2. The van der Waals surface area contributed by atoms with Gasteiger partial charge < -0.3 is 4.90 Å². The fourth-order valence-electron chi connectivity index (χ4n) is 3.15. The molecule has 0 bridgehead atoms. The Morgan fingerprint density at radius 3 is 2.91 bits per heavy atom. The van der Waals surface area contributed by atoms with Crippen molar-refractivity contribution in [3.05, 3.63) is 46.9 Å². The van der Waals surface area contributed by atoms with Gasteiger partial charge in [-0.3, -0.25) is 4.98 Å². The smallest absolute Gasteiger partial charge is 0.140 e. The number of hydrogen-bond donors (Lipinski definition) is 0. The van der Waals surface area contributed by atoms with E-state index in [0.717, 1.165) is 23.6 Å². The standard InChI is InChI=1S/C17H18N4S/c1-21(10-7-12-5-8-18-9-6-12)16-15-13-3-2-4-14(13)22-17(15)20-11-19-16/h5-6,8-9,11H,2-4,7,10H2,1H3. The molecular weight excluding hydrogens is 292 g/mol. The van der Waals surface area contributed by atoms with Crippen LogP contribution in [0.4, 0.5) is 5.82 Å². The molecule has 0 spiro atoms. The summed E-state index contributed by atoms with van der Waals surface area (Å²) in [4.78, 5) is 18.0. The van der Waals surface area contributed by atoms with Crippen LogP contribution in [0, 0.1) is 0 Å². The van der Waals surface area contributed by atoms with Crippen molar-refractivity contribution in [1.82, 2.24) is 15.0 Å². The second-order valence-corrected chi connectivity index (χ2v) is 6.85. The zero-order chi connectivity index (χ0) is 14.9. The molecule has 4 nitrogen and oxygen atoms in total. The maximum absolute atomic E-state index is 4.58. The Labute approximate surface area is 133 Å². The lowest BCUT2D eigenvalue weighted by molar-refractivity contribution is 0.859. The van der Waals surface area contributed by atoms with Gasteiger partial charge in [0.2, 0.25) is 0 Å². The van der Waals surface area contributed by atoms with Crippen molar-refractivity contribution in [3.63, 3.8) is 0 Å². The van der Waals surface area contributed by atoms with E-state index in [4.69, 9.17) is 0 Å².